The maximum atomic E-state index is 12.5. The molecule has 3 N–H and O–H groups in total. The lowest BCUT2D eigenvalue weighted by molar-refractivity contribution is -0.117. The van der Waals surface area contributed by atoms with Gasteiger partial charge in [0, 0.05) is 11.3 Å². The van der Waals surface area contributed by atoms with Gasteiger partial charge in [0.1, 0.15) is 24.1 Å². The fourth-order valence-electron chi connectivity index (χ4n) is 3.08. The highest BCUT2D eigenvalue weighted by atomic mass is 16.5. The van der Waals surface area contributed by atoms with Crippen LogP contribution in [0.25, 0.3) is 0 Å². The number of nitrogens with one attached hydrogen (secondary N) is 3. The number of hydrogen-bond donors (Lipinski definition) is 3. The Morgan fingerprint density at radius 2 is 2.00 bits per heavy atom. The molecule has 1 atom stereocenters. The molecule has 4 rings (SSSR count). The van der Waals surface area contributed by atoms with Gasteiger partial charge in [-0.25, -0.2) is 0 Å². The normalized spacial score (nSPS) is 15.1. The third kappa shape index (κ3) is 3.39. The molecule has 1 aliphatic rings. The second kappa shape index (κ2) is 6.95. The average Bonchev–Trinajstić information content (AvgIpc) is 3.27. The van der Waals surface area contributed by atoms with Crippen LogP contribution in [0, 0.1) is 6.92 Å². The van der Waals surface area contributed by atoms with Gasteiger partial charge in [0.15, 0.2) is 0 Å². The monoisotopic (exact) mass is 362 g/mol. The van der Waals surface area contributed by atoms with Crippen LogP contribution in [0.4, 0.5) is 5.69 Å². The quantitative estimate of drug-likeness (QED) is 0.650. The fraction of sp³-hybridized carbons (Fsp3) is 0.150. The molecule has 2 heterocycles. The van der Waals surface area contributed by atoms with E-state index in [1.807, 2.05) is 55.5 Å². The van der Waals surface area contributed by atoms with E-state index in [0.717, 1.165) is 22.6 Å². The first kappa shape index (κ1) is 16.8. The highest BCUT2D eigenvalue weighted by Crippen LogP contribution is 2.33. The molecule has 0 fully saturated rings. The summed E-state index contributed by atoms with van der Waals surface area (Å²) in [7, 11) is 0. The Morgan fingerprint density at radius 1 is 1.19 bits per heavy atom. The molecule has 0 saturated heterocycles. The van der Waals surface area contributed by atoms with Crippen LogP contribution in [0.3, 0.4) is 0 Å². The lowest BCUT2D eigenvalue weighted by Gasteiger charge is -2.12. The summed E-state index contributed by atoms with van der Waals surface area (Å²) >= 11 is 0. The summed E-state index contributed by atoms with van der Waals surface area (Å²) in [5.74, 6) is 0.0529. The molecule has 0 aliphatic carbocycles. The van der Waals surface area contributed by atoms with E-state index in [1.165, 1.54) is 0 Å². The Bertz CT molecular complexity index is 997. The molecule has 1 aliphatic heterocycles. The van der Waals surface area contributed by atoms with Gasteiger partial charge in [-0.2, -0.15) is 5.10 Å². The summed E-state index contributed by atoms with van der Waals surface area (Å²) in [5, 5.41) is 12.4. The van der Waals surface area contributed by atoms with Crippen LogP contribution >= 0.6 is 0 Å². The zero-order valence-electron chi connectivity index (χ0n) is 14.7. The molecule has 7 nitrogen and oxygen atoms in total. The molecule has 0 unspecified atom stereocenters. The first-order valence-corrected chi connectivity index (χ1v) is 8.55. The van der Waals surface area contributed by atoms with Gasteiger partial charge in [-0.05, 0) is 36.8 Å². The Kier molecular flexibility index (Phi) is 4.33. The maximum absolute atomic E-state index is 12.5. The van der Waals surface area contributed by atoms with Gasteiger partial charge in [-0.3, -0.25) is 14.7 Å². The molecule has 27 heavy (non-hydrogen) atoms. The molecule has 2 aromatic carbocycles. The van der Waals surface area contributed by atoms with Crippen molar-refractivity contribution in [2.45, 2.75) is 19.6 Å². The Morgan fingerprint density at radius 3 is 2.81 bits per heavy atom. The number of H-pyrrole nitrogens is 1. The van der Waals surface area contributed by atoms with Crippen molar-refractivity contribution in [2.75, 3.05) is 5.32 Å². The molecular weight excluding hydrogens is 344 g/mol. The van der Waals surface area contributed by atoms with E-state index >= 15 is 0 Å². The Hall–Kier alpha value is -3.61. The number of nitrogens with zero attached hydrogens (tertiary/aromatic N) is 1. The van der Waals surface area contributed by atoms with Gasteiger partial charge in [0.2, 0.25) is 0 Å². The summed E-state index contributed by atoms with van der Waals surface area (Å²) in [5.41, 5.74) is 3.33. The Labute approximate surface area is 155 Å². The van der Waals surface area contributed by atoms with Crippen molar-refractivity contribution in [3.8, 4) is 5.75 Å². The largest absolute Gasteiger partial charge is 0.487 e. The molecule has 136 valence electrons. The third-order valence-corrected chi connectivity index (χ3v) is 4.41. The van der Waals surface area contributed by atoms with E-state index in [-0.39, 0.29) is 18.2 Å². The molecule has 3 aromatic rings. The van der Waals surface area contributed by atoms with E-state index in [1.54, 1.807) is 6.07 Å². The lowest BCUT2D eigenvalue weighted by Crippen LogP contribution is -2.33. The minimum absolute atomic E-state index is 0.205. The van der Waals surface area contributed by atoms with Crippen molar-refractivity contribution in [1.29, 1.82) is 0 Å². The van der Waals surface area contributed by atoms with E-state index in [0.29, 0.717) is 5.69 Å². The van der Waals surface area contributed by atoms with Gasteiger partial charge in [0.25, 0.3) is 11.8 Å². The average molecular weight is 362 g/mol. The molecule has 2 amide bonds. The van der Waals surface area contributed by atoms with Gasteiger partial charge in [-0.15, -0.1) is 0 Å². The first-order chi connectivity index (χ1) is 13.1. The SMILES string of the molecule is Cc1cccc2c1[C@@H](NC(=O)c1cc(COc3ccccc3)[nH]n1)C(=O)N2. The fourth-order valence-corrected chi connectivity index (χ4v) is 3.08. The van der Waals surface area contributed by atoms with Crippen LogP contribution in [0.5, 0.6) is 5.75 Å². The van der Waals surface area contributed by atoms with Gasteiger partial charge in [-0.1, -0.05) is 30.3 Å². The van der Waals surface area contributed by atoms with Crippen molar-refractivity contribution in [1.82, 2.24) is 15.5 Å². The second-order valence-corrected chi connectivity index (χ2v) is 6.31. The van der Waals surface area contributed by atoms with Crippen LogP contribution in [0.1, 0.15) is 33.4 Å². The van der Waals surface area contributed by atoms with Crippen LogP contribution in [0.2, 0.25) is 0 Å². The van der Waals surface area contributed by atoms with E-state index < -0.39 is 11.9 Å². The summed E-state index contributed by atoms with van der Waals surface area (Å²) < 4.78 is 5.63. The standard InChI is InChI=1S/C20H18N4O3/c1-12-6-5-9-15-17(12)18(20(26)21-15)22-19(25)16-10-13(23-24-16)11-27-14-7-3-2-4-8-14/h2-10,18H,11H2,1H3,(H,21,26)(H,22,25)(H,23,24)/t18-/m1/s1. The molecule has 0 radical (unpaired) electrons. The van der Waals surface area contributed by atoms with Crippen molar-refractivity contribution in [3.63, 3.8) is 0 Å². The number of carbonyl (C=O) groups excluding carboxylic acids is 2. The number of aryl methyl sites for hydroxylation is 1. The van der Waals surface area contributed by atoms with Crippen LogP contribution < -0.4 is 15.4 Å². The van der Waals surface area contributed by atoms with Crippen LogP contribution in [-0.2, 0) is 11.4 Å². The number of ether oxygens (including phenoxy) is 1. The molecule has 0 spiro atoms. The number of fused-ring (bicyclic) bond motifs is 1. The van der Waals surface area contributed by atoms with Gasteiger partial charge < -0.3 is 15.4 Å². The summed E-state index contributed by atoms with van der Waals surface area (Å²) in [6.45, 7) is 2.17. The number of hydrogen-bond acceptors (Lipinski definition) is 4. The van der Waals surface area contributed by atoms with Crippen molar-refractivity contribution in [3.05, 3.63) is 77.1 Å². The number of carbonyl (C=O) groups is 2. The number of benzene rings is 2. The van der Waals surface area contributed by atoms with E-state index in [2.05, 4.69) is 20.8 Å². The summed E-state index contributed by atoms with van der Waals surface area (Å²) in [6, 6.07) is 15.9. The van der Waals surface area contributed by atoms with Crippen molar-refractivity contribution >= 4 is 17.5 Å². The van der Waals surface area contributed by atoms with Gasteiger partial charge in [0.05, 0.1) is 5.69 Å². The zero-order valence-corrected chi connectivity index (χ0v) is 14.7. The molecule has 7 heteroatoms. The highest BCUT2D eigenvalue weighted by Gasteiger charge is 2.33. The Balaban J connectivity index is 1.44. The first-order valence-electron chi connectivity index (χ1n) is 8.55. The van der Waals surface area contributed by atoms with Crippen molar-refractivity contribution in [2.24, 2.45) is 0 Å². The zero-order chi connectivity index (χ0) is 18.8. The van der Waals surface area contributed by atoms with Crippen molar-refractivity contribution < 1.29 is 14.3 Å². The minimum atomic E-state index is -0.727. The number of aromatic nitrogens is 2. The van der Waals surface area contributed by atoms with Crippen LogP contribution in [-0.4, -0.2) is 22.0 Å². The third-order valence-electron chi connectivity index (χ3n) is 4.41. The van der Waals surface area contributed by atoms with E-state index in [4.69, 9.17) is 4.74 Å². The topological polar surface area (TPSA) is 96.1 Å². The molecule has 1 aromatic heterocycles. The maximum Gasteiger partial charge on any atom is 0.272 e. The smallest absolute Gasteiger partial charge is 0.272 e. The lowest BCUT2D eigenvalue weighted by atomic mass is 10.0. The summed E-state index contributed by atoms with van der Waals surface area (Å²) in [6.07, 6.45) is 0. The number of rotatable bonds is 5. The predicted octanol–water partition coefficient (Wildman–Crippen LogP) is 2.72. The minimum Gasteiger partial charge on any atom is -0.487 e. The van der Waals surface area contributed by atoms with E-state index in [9.17, 15) is 9.59 Å². The van der Waals surface area contributed by atoms with Crippen LogP contribution in [0.15, 0.2) is 54.6 Å². The molecule has 0 bridgehead atoms. The second-order valence-electron chi connectivity index (χ2n) is 6.31. The molecular formula is C20H18N4O3. The van der Waals surface area contributed by atoms with Gasteiger partial charge >= 0.3 is 0 Å². The molecule has 0 saturated carbocycles. The number of para-hydroxylation sites is 1. The highest BCUT2D eigenvalue weighted by molar-refractivity contribution is 6.06. The predicted molar refractivity (Wildman–Crippen MR) is 99.4 cm³/mol. The number of aromatic amines is 1. The summed E-state index contributed by atoms with van der Waals surface area (Å²) in [4.78, 5) is 24.8. The number of amides is 2. The number of anilines is 1.